The summed E-state index contributed by atoms with van der Waals surface area (Å²) in [7, 11) is 0. The maximum atomic E-state index is 5.37. The number of amidine groups is 1. The Morgan fingerprint density at radius 2 is 2.21 bits per heavy atom. The number of aliphatic imine (C=N–C) groups is 1. The third-order valence-electron chi connectivity index (χ3n) is 3.33. The van der Waals surface area contributed by atoms with Gasteiger partial charge in [0.2, 0.25) is 0 Å². The van der Waals surface area contributed by atoms with E-state index in [9.17, 15) is 0 Å². The molecule has 3 nitrogen and oxygen atoms in total. The second kappa shape index (κ2) is 4.20. The van der Waals surface area contributed by atoms with Gasteiger partial charge in [-0.25, -0.2) is 4.99 Å². The fraction of sp³-hybridized carbons (Fsp3) is 0.909. The van der Waals surface area contributed by atoms with Crippen molar-refractivity contribution < 1.29 is 4.74 Å². The smallest absolute Gasteiger partial charge is 0.285 e. The zero-order chi connectivity index (χ0) is 9.97. The lowest BCUT2D eigenvalue weighted by Crippen LogP contribution is -2.42. The first-order valence-corrected chi connectivity index (χ1v) is 5.69. The van der Waals surface area contributed by atoms with E-state index in [-0.39, 0.29) is 0 Å². The lowest BCUT2D eigenvalue weighted by atomic mass is 9.80. The molecule has 0 amide bonds. The van der Waals surface area contributed by atoms with E-state index in [0.29, 0.717) is 6.04 Å². The molecule has 1 aliphatic carbocycles. The van der Waals surface area contributed by atoms with E-state index < -0.39 is 0 Å². The Morgan fingerprint density at radius 3 is 2.86 bits per heavy atom. The van der Waals surface area contributed by atoms with Gasteiger partial charge < -0.3 is 10.1 Å². The Hall–Kier alpha value is -0.730. The first kappa shape index (κ1) is 9.81. The standard InChI is InChI=1S/C11H20N2O/c1-8-3-4-10(9(2)7-8)13-11-12-5-6-14-11/h8-10H,3-7H2,1-2H3,(H,12,13)/t8-,9+,10+/m0/s1. The van der Waals surface area contributed by atoms with Gasteiger partial charge in [0, 0.05) is 6.04 Å². The summed E-state index contributed by atoms with van der Waals surface area (Å²) >= 11 is 0. The Morgan fingerprint density at radius 1 is 1.36 bits per heavy atom. The molecular weight excluding hydrogens is 176 g/mol. The summed E-state index contributed by atoms with van der Waals surface area (Å²) in [6.07, 6.45) is 3.91. The van der Waals surface area contributed by atoms with Crippen LogP contribution in [0.25, 0.3) is 0 Å². The lowest BCUT2D eigenvalue weighted by molar-refractivity contribution is 0.232. The molecule has 0 aromatic rings. The van der Waals surface area contributed by atoms with Crippen LogP contribution in [0.1, 0.15) is 33.1 Å². The summed E-state index contributed by atoms with van der Waals surface area (Å²) in [5, 5.41) is 3.42. The van der Waals surface area contributed by atoms with Gasteiger partial charge in [-0.15, -0.1) is 0 Å². The van der Waals surface area contributed by atoms with Gasteiger partial charge in [0.15, 0.2) is 0 Å². The number of nitrogens with zero attached hydrogens (tertiary/aromatic N) is 1. The minimum Gasteiger partial charge on any atom is -0.463 e. The highest BCUT2D eigenvalue weighted by molar-refractivity contribution is 5.75. The van der Waals surface area contributed by atoms with Crippen LogP contribution in [-0.2, 0) is 4.74 Å². The van der Waals surface area contributed by atoms with Crippen LogP contribution in [0.4, 0.5) is 0 Å². The van der Waals surface area contributed by atoms with Crippen molar-refractivity contribution in [3.8, 4) is 0 Å². The summed E-state index contributed by atoms with van der Waals surface area (Å²) in [6, 6.07) is 1.35. The molecule has 1 N–H and O–H groups in total. The highest BCUT2D eigenvalue weighted by Crippen LogP contribution is 2.28. The van der Waals surface area contributed by atoms with Crippen molar-refractivity contribution in [1.29, 1.82) is 0 Å². The van der Waals surface area contributed by atoms with Crippen LogP contribution in [0.5, 0.6) is 0 Å². The quantitative estimate of drug-likeness (QED) is 0.693. The van der Waals surface area contributed by atoms with Gasteiger partial charge in [-0.1, -0.05) is 13.8 Å². The fourth-order valence-electron chi connectivity index (χ4n) is 2.46. The summed E-state index contributed by atoms with van der Waals surface area (Å²) in [5.74, 6) is 1.63. The number of nitrogens with one attached hydrogen (secondary N) is 1. The Labute approximate surface area is 85.9 Å². The molecule has 14 heavy (non-hydrogen) atoms. The number of hydrogen-bond donors (Lipinski definition) is 1. The van der Waals surface area contributed by atoms with Crippen LogP contribution in [0.2, 0.25) is 0 Å². The molecule has 0 unspecified atom stereocenters. The minimum absolute atomic E-state index is 0.572. The minimum atomic E-state index is 0.572. The molecule has 0 aromatic carbocycles. The van der Waals surface area contributed by atoms with E-state index in [4.69, 9.17) is 4.74 Å². The predicted molar refractivity (Wildman–Crippen MR) is 57.4 cm³/mol. The molecule has 1 heterocycles. The van der Waals surface area contributed by atoms with Crippen molar-refractivity contribution in [3.63, 3.8) is 0 Å². The zero-order valence-electron chi connectivity index (χ0n) is 9.12. The first-order chi connectivity index (χ1) is 6.75. The Balaban J connectivity index is 1.85. The van der Waals surface area contributed by atoms with Gasteiger partial charge in [-0.05, 0) is 31.1 Å². The molecule has 80 valence electrons. The van der Waals surface area contributed by atoms with E-state index >= 15 is 0 Å². The average molecular weight is 196 g/mol. The van der Waals surface area contributed by atoms with E-state index in [1.54, 1.807) is 0 Å². The van der Waals surface area contributed by atoms with Crippen molar-refractivity contribution in [2.24, 2.45) is 16.8 Å². The van der Waals surface area contributed by atoms with Gasteiger partial charge in [0.1, 0.15) is 6.61 Å². The van der Waals surface area contributed by atoms with Crippen LogP contribution >= 0.6 is 0 Å². The molecule has 2 rings (SSSR count). The third-order valence-corrected chi connectivity index (χ3v) is 3.33. The van der Waals surface area contributed by atoms with Crippen LogP contribution < -0.4 is 5.32 Å². The highest BCUT2D eigenvalue weighted by Gasteiger charge is 2.26. The second-order valence-corrected chi connectivity index (χ2v) is 4.68. The molecule has 0 spiro atoms. The van der Waals surface area contributed by atoms with E-state index in [2.05, 4.69) is 24.2 Å². The Kier molecular flexibility index (Phi) is 2.94. The summed E-state index contributed by atoms with van der Waals surface area (Å²) in [6.45, 7) is 6.23. The van der Waals surface area contributed by atoms with Gasteiger partial charge in [0.25, 0.3) is 6.02 Å². The van der Waals surface area contributed by atoms with Gasteiger partial charge in [-0.2, -0.15) is 0 Å². The van der Waals surface area contributed by atoms with Gasteiger partial charge in [-0.3, -0.25) is 0 Å². The Bertz CT molecular complexity index is 227. The molecule has 3 atom stereocenters. The number of hydrogen-bond acceptors (Lipinski definition) is 3. The van der Waals surface area contributed by atoms with Crippen molar-refractivity contribution in [2.75, 3.05) is 13.2 Å². The normalized spacial score (nSPS) is 37.6. The molecule has 1 aliphatic heterocycles. The van der Waals surface area contributed by atoms with Crippen molar-refractivity contribution in [2.45, 2.75) is 39.2 Å². The molecule has 0 bridgehead atoms. The fourth-order valence-corrected chi connectivity index (χ4v) is 2.46. The predicted octanol–water partition coefficient (Wildman–Crippen LogP) is 1.79. The van der Waals surface area contributed by atoms with Crippen LogP contribution in [-0.4, -0.2) is 25.2 Å². The second-order valence-electron chi connectivity index (χ2n) is 4.68. The van der Waals surface area contributed by atoms with Crippen LogP contribution in [0.3, 0.4) is 0 Å². The van der Waals surface area contributed by atoms with Gasteiger partial charge in [0.05, 0.1) is 6.54 Å². The van der Waals surface area contributed by atoms with Crippen LogP contribution in [0, 0.1) is 11.8 Å². The van der Waals surface area contributed by atoms with E-state index in [1.807, 2.05) is 0 Å². The monoisotopic (exact) mass is 196 g/mol. The third kappa shape index (κ3) is 2.20. The van der Waals surface area contributed by atoms with Crippen molar-refractivity contribution in [1.82, 2.24) is 5.32 Å². The topological polar surface area (TPSA) is 33.6 Å². The molecule has 0 saturated heterocycles. The van der Waals surface area contributed by atoms with Crippen LogP contribution in [0.15, 0.2) is 4.99 Å². The molecule has 1 saturated carbocycles. The van der Waals surface area contributed by atoms with Gasteiger partial charge >= 0.3 is 0 Å². The summed E-state index contributed by atoms with van der Waals surface area (Å²) in [4.78, 5) is 4.27. The zero-order valence-corrected chi connectivity index (χ0v) is 9.12. The van der Waals surface area contributed by atoms with E-state index in [1.165, 1.54) is 19.3 Å². The van der Waals surface area contributed by atoms with E-state index in [0.717, 1.165) is 31.0 Å². The lowest BCUT2D eigenvalue weighted by Gasteiger charge is -2.33. The SMILES string of the molecule is C[C@H]1CC[C@@H](NC2=NCCO2)[C@H](C)C1. The molecular formula is C11H20N2O. The highest BCUT2D eigenvalue weighted by atomic mass is 16.5. The molecule has 0 aromatic heterocycles. The average Bonchev–Trinajstić information content (AvgIpc) is 2.62. The largest absolute Gasteiger partial charge is 0.463 e. The van der Waals surface area contributed by atoms with Crippen molar-refractivity contribution in [3.05, 3.63) is 0 Å². The molecule has 2 aliphatic rings. The summed E-state index contributed by atoms with van der Waals surface area (Å²) < 4.78 is 5.37. The molecule has 3 heteroatoms. The number of ether oxygens (including phenoxy) is 1. The summed E-state index contributed by atoms with van der Waals surface area (Å²) in [5.41, 5.74) is 0. The van der Waals surface area contributed by atoms with Crippen molar-refractivity contribution >= 4 is 6.02 Å². The maximum absolute atomic E-state index is 5.37. The maximum Gasteiger partial charge on any atom is 0.285 e. The molecule has 1 fully saturated rings. The molecule has 0 radical (unpaired) electrons. The first-order valence-electron chi connectivity index (χ1n) is 5.69. The number of rotatable bonds is 1.